The van der Waals surface area contributed by atoms with E-state index in [0.29, 0.717) is 11.6 Å². The van der Waals surface area contributed by atoms with Crippen LogP contribution in [0.4, 0.5) is 9.39 Å². The highest BCUT2D eigenvalue weighted by Gasteiger charge is 2.29. The van der Waals surface area contributed by atoms with Crippen molar-refractivity contribution in [2.45, 2.75) is 18.9 Å². The average Bonchev–Trinajstić information content (AvgIpc) is 3.03. The standard InChI is InChI=1S/C14H12FN3S/c15-8-1-4-12-11(7-8)17-14(18(12)9-2-3-9)10-5-6-19-13(10)16/h1,4-7,9H,2-3,16H2. The zero-order valence-corrected chi connectivity index (χ0v) is 11.0. The number of nitrogen functional groups attached to an aromatic ring is 1. The van der Waals surface area contributed by atoms with Gasteiger partial charge in [-0.3, -0.25) is 0 Å². The number of nitrogens with two attached hydrogens (primary N) is 1. The average molecular weight is 273 g/mol. The molecule has 2 aromatic heterocycles. The maximum atomic E-state index is 13.3. The number of hydrogen-bond donors (Lipinski definition) is 1. The first-order valence-corrected chi connectivity index (χ1v) is 7.13. The Balaban J connectivity index is 2.04. The molecule has 19 heavy (non-hydrogen) atoms. The van der Waals surface area contributed by atoms with Crippen LogP contribution in [0.2, 0.25) is 0 Å². The van der Waals surface area contributed by atoms with Gasteiger partial charge in [0.05, 0.1) is 21.6 Å². The van der Waals surface area contributed by atoms with Gasteiger partial charge in [-0.05, 0) is 36.4 Å². The number of anilines is 1. The molecule has 0 radical (unpaired) electrons. The Bertz CT molecular complexity index is 770. The Labute approximate surface area is 113 Å². The third kappa shape index (κ3) is 1.65. The smallest absolute Gasteiger partial charge is 0.144 e. The molecule has 1 aliphatic carbocycles. The molecule has 0 aliphatic heterocycles. The highest BCUT2D eigenvalue weighted by molar-refractivity contribution is 7.14. The van der Waals surface area contributed by atoms with Gasteiger partial charge in [0.25, 0.3) is 0 Å². The fraction of sp³-hybridized carbons (Fsp3) is 0.214. The molecule has 3 aromatic rings. The van der Waals surface area contributed by atoms with E-state index < -0.39 is 0 Å². The minimum Gasteiger partial charge on any atom is -0.390 e. The molecular formula is C14H12FN3S. The summed E-state index contributed by atoms with van der Waals surface area (Å²) in [5.41, 5.74) is 8.65. The molecule has 96 valence electrons. The highest BCUT2D eigenvalue weighted by atomic mass is 32.1. The van der Waals surface area contributed by atoms with Crippen molar-refractivity contribution in [2.24, 2.45) is 0 Å². The summed E-state index contributed by atoms with van der Waals surface area (Å²) >= 11 is 1.50. The first kappa shape index (κ1) is 11.0. The zero-order chi connectivity index (χ0) is 13.0. The lowest BCUT2D eigenvalue weighted by Gasteiger charge is -2.06. The largest absolute Gasteiger partial charge is 0.390 e. The van der Waals surface area contributed by atoms with Gasteiger partial charge in [0.15, 0.2) is 0 Å². The van der Waals surface area contributed by atoms with Crippen LogP contribution in [0.25, 0.3) is 22.4 Å². The van der Waals surface area contributed by atoms with Crippen LogP contribution in [-0.2, 0) is 0 Å². The van der Waals surface area contributed by atoms with Gasteiger partial charge in [0, 0.05) is 12.1 Å². The van der Waals surface area contributed by atoms with Crippen LogP contribution < -0.4 is 5.73 Å². The molecule has 4 rings (SSSR count). The van der Waals surface area contributed by atoms with Crippen LogP contribution >= 0.6 is 11.3 Å². The Morgan fingerprint density at radius 2 is 2.16 bits per heavy atom. The summed E-state index contributed by atoms with van der Waals surface area (Å²) in [4.78, 5) is 4.59. The molecule has 1 fully saturated rings. The number of thiophene rings is 1. The maximum Gasteiger partial charge on any atom is 0.144 e. The minimum atomic E-state index is -0.252. The summed E-state index contributed by atoms with van der Waals surface area (Å²) in [6, 6.07) is 7.24. The van der Waals surface area contributed by atoms with Gasteiger partial charge in [-0.2, -0.15) is 0 Å². The highest BCUT2D eigenvalue weighted by Crippen LogP contribution is 2.43. The predicted molar refractivity (Wildman–Crippen MR) is 75.7 cm³/mol. The lowest BCUT2D eigenvalue weighted by Crippen LogP contribution is -1.98. The molecule has 1 aromatic carbocycles. The van der Waals surface area contributed by atoms with Gasteiger partial charge < -0.3 is 10.3 Å². The fourth-order valence-electron chi connectivity index (χ4n) is 2.47. The van der Waals surface area contributed by atoms with Gasteiger partial charge in [-0.25, -0.2) is 9.37 Å². The fourth-order valence-corrected chi connectivity index (χ4v) is 3.11. The number of benzene rings is 1. The summed E-state index contributed by atoms with van der Waals surface area (Å²) in [5, 5.41) is 2.72. The van der Waals surface area contributed by atoms with Crippen molar-refractivity contribution in [3.8, 4) is 11.4 Å². The van der Waals surface area contributed by atoms with E-state index >= 15 is 0 Å². The molecule has 5 heteroatoms. The molecule has 0 amide bonds. The zero-order valence-electron chi connectivity index (χ0n) is 10.1. The quantitative estimate of drug-likeness (QED) is 0.771. The lowest BCUT2D eigenvalue weighted by atomic mass is 10.3. The van der Waals surface area contributed by atoms with Gasteiger partial charge in [-0.1, -0.05) is 0 Å². The number of fused-ring (bicyclic) bond motifs is 1. The second-order valence-corrected chi connectivity index (χ2v) is 5.82. The summed E-state index contributed by atoms with van der Waals surface area (Å²) < 4.78 is 15.5. The lowest BCUT2D eigenvalue weighted by molar-refractivity contribution is 0.629. The summed E-state index contributed by atoms with van der Waals surface area (Å²) in [6.07, 6.45) is 2.31. The molecular weight excluding hydrogens is 261 g/mol. The van der Waals surface area contributed by atoms with Crippen LogP contribution in [0.3, 0.4) is 0 Å². The Morgan fingerprint density at radius 3 is 2.84 bits per heavy atom. The number of aromatic nitrogens is 2. The maximum absolute atomic E-state index is 13.3. The Hall–Kier alpha value is -1.88. The second-order valence-electron chi connectivity index (χ2n) is 4.87. The molecule has 0 unspecified atom stereocenters. The number of imidazole rings is 1. The van der Waals surface area contributed by atoms with Crippen molar-refractivity contribution in [3.05, 3.63) is 35.5 Å². The number of nitrogens with zero attached hydrogens (tertiary/aromatic N) is 2. The van der Waals surface area contributed by atoms with Crippen LogP contribution in [-0.4, -0.2) is 9.55 Å². The molecule has 0 spiro atoms. The number of hydrogen-bond acceptors (Lipinski definition) is 3. The van der Waals surface area contributed by atoms with Crippen LogP contribution in [0, 0.1) is 5.82 Å². The number of halogens is 1. The van der Waals surface area contributed by atoms with Crippen molar-refractivity contribution in [3.63, 3.8) is 0 Å². The Kier molecular flexibility index (Phi) is 2.20. The Morgan fingerprint density at radius 1 is 1.32 bits per heavy atom. The van der Waals surface area contributed by atoms with Crippen molar-refractivity contribution in [1.29, 1.82) is 0 Å². The van der Waals surface area contributed by atoms with Crippen LogP contribution in [0.15, 0.2) is 29.6 Å². The normalized spacial score (nSPS) is 15.2. The van der Waals surface area contributed by atoms with E-state index in [1.807, 2.05) is 17.5 Å². The predicted octanol–water partition coefficient (Wildman–Crippen LogP) is 3.82. The van der Waals surface area contributed by atoms with Crippen molar-refractivity contribution < 1.29 is 4.39 Å². The summed E-state index contributed by atoms with van der Waals surface area (Å²) in [5.74, 6) is 0.611. The minimum absolute atomic E-state index is 0.252. The van der Waals surface area contributed by atoms with Crippen molar-refractivity contribution in [1.82, 2.24) is 9.55 Å². The molecule has 2 heterocycles. The summed E-state index contributed by atoms with van der Waals surface area (Å²) in [6.45, 7) is 0. The molecule has 2 N–H and O–H groups in total. The molecule has 1 aliphatic rings. The van der Waals surface area contributed by atoms with Gasteiger partial charge >= 0.3 is 0 Å². The van der Waals surface area contributed by atoms with Crippen molar-refractivity contribution in [2.75, 3.05) is 5.73 Å². The van der Waals surface area contributed by atoms with E-state index in [0.717, 1.165) is 34.7 Å². The summed E-state index contributed by atoms with van der Waals surface area (Å²) in [7, 11) is 0. The van der Waals surface area contributed by atoms with Crippen LogP contribution in [0.5, 0.6) is 0 Å². The van der Waals surface area contributed by atoms with E-state index in [-0.39, 0.29) is 5.82 Å². The van der Waals surface area contributed by atoms with E-state index in [9.17, 15) is 4.39 Å². The molecule has 0 bridgehead atoms. The SMILES string of the molecule is Nc1sccc1-c1nc2cc(F)ccc2n1C1CC1. The van der Waals surface area contributed by atoms with E-state index in [1.165, 1.54) is 23.5 Å². The molecule has 0 saturated heterocycles. The van der Waals surface area contributed by atoms with Crippen LogP contribution in [0.1, 0.15) is 18.9 Å². The third-order valence-corrected chi connectivity index (χ3v) is 4.25. The first-order valence-electron chi connectivity index (χ1n) is 6.25. The first-order chi connectivity index (χ1) is 9.24. The molecule has 0 atom stereocenters. The van der Waals surface area contributed by atoms with E-state index in [2.05, 4.69) is 9.55 Å². The molecule has 1 saturated carbocycles. The van der Waals surface area contributed by atoms with Crippen molar-refractivity contribution >= 4 is 27.4 Å². The van der Waals surface area contributed by atoms with E-state index in [1.54, 1.807) is 0 Å². The van der Waals surface area contributed by atoms with Gasteiger partial charge in [-0.15, -0.1) is 11.3 Å². The van der Waals surface area contributed by atoms with Gasteiger partial charge in [0.1, 0.15) is 11.6 Å². The topological polar surface area (TPSA) is 43.8 Å². The second kappa shape index (κ2) is 3.81. The number of rotatable bonds is 2. The third-order valence-electron chi connectivity index (χ3n) is 3.50. The van der Waals surface area contributed by atoms with Gasteiger partial charge in [0.2, 0.25) is 0 Å². The van der Waals surface area contributed by atoms with E-state index in [4.69, 9.17) is 5.73 Å². The monoisotopic (exact) mass is 273 g/mol. The molecule has 3 nitrogen and oxygen atoms in total.